The number of benzene rings is 5. The second-order valence-electron chi connectivity index (χ2n) is 9.10. The zero-order valence-corrected chi connectivity index (χ0v) is 19.9. The zero-order valence-electron chi connectivity index (χ0n) is 19.9. The number of hydrogen-bond donors (Lipinski definition) is 0. The fourth-order valence-corrected chi connectivity index (χ4v) is 5.46. The van der Waals surface area contributed by atoms with E-state index in [9.17, 15) is 0 Å². The molecule has 4 heteroatoms. The van der Waals surface area contributed by atoms with Crippen molar-refractivity contribution in [3.05, 3.63) is 155 Å². The van der Waals surface area contributed by atoms with E-state index >= 15 is 8.78 Å². The summed E-state index contributed by atoms with van der Waals surface area (Å²) >= 11 is 0. The summed E-state index contributed by atoms with van der Waals surface area (Å²) in [5.41, 5.74) is 4.33. The van der Waals surface area contributed by atoms with Gasteiger partial charge in [0.1, 0.15) is 31.0 Å². The van der Waals surface area contributed by atoms with Gasteiger partial charge in [-0.15, -0.1) is 0 Å². The molecule has 0 N–H and O–H groups in total. The second kappa shape index (κ2) is 8.90. The summed E-state index contributed by atoms with van der Waals surface area (Å²) < 4.78 is 37.3. The highest BCUT2D eigenvalue weighted by Crippen LogP contribution is 2.56. The SMILES string of the molecule is [B]c1ccc2c(c1)C(c1ccc(Oc3ccc(C=C)cc3)cc1)(c1c(F)cccc1F)c1ccccc1-2. The molecule has 1 aliphatic carbocycles. The molecule has 0 bridgehead atoms. The van der Waals surface area contributed by atoms with Crippen LogP contribution in [-0.2, 0) is 5.41 Å². The molecule has 0 saturated carbocycles. The van der Waals surface area contributed by atoms with Gasteiger partial charge < -0.3 is 4.74 Å². The summed E-state index contributed by atoms with van der Waals surface area (Å²) in [4.78, 5) is 0. The second-order valence-corrected chi connectivity index (χ2v) is 9.10. The minimum atomic E-state index is -1.24. The van der Waals surface area contributed by atoms with Crippen molar-refractivity contribution in [3.63, 3.8) is 0 Å². The molecule has 5 aromatic rings. The fourth-order valence-electron chi connectivity index (χ4n) is 5.46. The predicted molar refractivity (Wildman–Crippen MR) is 146 cm³/mol. The number of fused-ring (bicyclic) bond motifs is 3. The first-order valence-electron chi connectivity index (χ1n) is 12.0. The van der Waals surface area contributed by atoms with E-state index < -0.39 is 17.0 Å². The van der Waals surface area contributed by atoms with Gasteiger partial charge in [-0.2, -0.15) is 0 Å². The monoisotopic (exact) mass is 482 g/mol. The Labute approximate surface area is 216 Å². The van der Waals surface area contributed by atoms with Gasteiger partial charge in [-0.1, -0.05) is 90.9 Å². The summed E-state index contributed by atoms with van der Waals surface area (Å²) in [6, 6.07) is 32.3. The topological polar surface area (TPSA) is 9.23 Å². The van der Waals surface area contributed by atoms with Crippen molar-refractivity contribution in [2.45, 2.75) is 5.41 Å². The Kier molecular flexibility index (Phi) is 5.53. The lowest BCUT2D eigenvalue weighted by atomic mass is 9.66. The summed E-state index contributed by atoms with van der Waals surface area (Å²) in [6.07, 6.45) is 1.77. The number of halogens is 2. The van der Waals surface area contributed by atoms with Crippen molar-refractivity contribution in [1.29, 1.82) is 0 Å². The summed E-state index contributed by atoms with van der Waals surface area (Å²) in [5, 5.41) is 0. The van der Waals surface area contributed by atoms with Crippen molar-refractivity contribution >= 4 is 19.4 Å². The first-order chi connectivity index (χ1) is 18.0. The van der Waals surface area contributed by atoms with E-state index in [0.717, 1.165) is 27.8 Å². The molecule has 0 aromatic heterocycles. The van der Waals surface area contributed by atoms with E-state index in [1.807, 2.05) is 91.0 Å². The molecular weight excluding hydrogens is 461 g/mol. The van der Waals surface area contributed by atoms with Gasteiger partial charge >= 0.3 is 0 Å². The van der Waals surface area contributed by atoms with Gasteiger partial charge in [-0.05, 0) is 69.8 Å². The smallest absolute Gasteiger partial charge is 0.130 e. The van der Waals surface area contributed by atoms with Crippen LogP contribution >= 0.6 is 0 Å². The lowest BCUT2D eigenvalue weighted by molar-refractivity contribution is 0.482. The molecule has 1 atom stereocenters. The molecule has 37 heavy (non-hydrogen) atoms. The van der Waals surface area contributed by atoms with Crippen LogP contribution in [0, 0.1) is 11.6 Å². The van der Waals surface area contributed by atoms with Gasteiger partial charge in [0.2, 0.25) is 0 Å². The maximum absolute atomic E-state index is 15.6. The molecule has 0 saturated heterocycles. The van der Waals surface area contributed by atoms with Crippen LogP contribution in [-0.4, -0.2) is 7.85 Å². The molecule has 1 nitrogen and oxygen atoms in total. The van der Waals surface area contributed by atoms with Gasteiger partial charge in [0, 0.05) is 5.56 Å². The van der Waals surface area contributed by atoms with Crippen molar-refractivity contribution in [2.24, 2.45) is 0 Å². The molecule has 176 valence electrons. The number of rotatable bonds is 5. The molecule has 6 rings (SSSR count). The molecule has 0 amide bonds. The number of ether oxygens (including phenoxy) is 1. The minimum absolute atomic E-state index is 0.0273. The van der Waals surface area contributed by atoms with E-state index in [4.69, 9.17) is 12.6 Å². The van der Waals surface area contributed by atoms with Crippen LogP contribution in [0.1, 0.15) is 27.8 Å². The van der Waals surface area contributed by atoms with Crippen LogP contribution in [0.15, 0.2) is 116 Å². The summed E-state index contributed by atoms with van der Waals surface area (Å²) in [7, 11) is 6.24. The van der Waals surface area contributed by atoms with Crippen molar-refractivity contribution in [2.75, 3.05) is 0 Å². The molecule has 5 aromatic carbocycles. The average molecular weight is 482 g/mol. The maximum atomic E-state index is 15.6. The van der Waals surface area contributed by atoms with E-state index in [1.165, 1.54) is 18.2 Å². The lowest BCUT2D eigenvalue weighted by Gasteiger charge is -2.34. The first-order valence-corrected chi connectivity index (χ1v) is 12.0. The molecule has 0 spiro atoms. The lowest BCUT2D eigenvalue weighted by Crippen LogP contribution is -2.32. The maximum Gasteiger partial charge on any atom is 0.130 e. The van der Waals surface area contributed by atoms with E-state index in [1.54, 1.807) is 6.08 Å². The third kappa shape index (κ3) is 3.60. The molecule has 0 aliphatic heterocycles. The molecule has 1 unspecified atom stereocenters. The fraction of sp³-hybridized carbons (Fsp3) is 0.0303. The van der Waals surface area contributed by atoms with Crippen LogP contribution in [0.2, 0.25) is 0 Å². The average Bonchev–Trinajstić information content (AvgIpc) is 3.20. The van der Waals surface area contributed by atoms with Gasteiger partial charge in [0.15, 0.2) is 0 Å². The van der Waals surface area contributed by atoms with Gasteiger partial charge in [-0.25, -0.2) is 8.78 Å². The molecule has 1 aliphatic rings. The van der Waals surface area contributed by atoms with Crippen LogP contribution in [0.3, 0.4) is 0 Å². The molecule has 2 radical (unpaired) electrons. The van der Waals surface area contributed by atoms with Gasteiger partial charge in [0.05, 0.1) is 5.41 Å². The van der Waals surface area contributed by atoms with Crippen LogP contribution in [0.25, 0.3) is 17.2 Å². The third-order valence-electron chi connectivity index (χ3n) is 7.05. The zero-order chi connectivity index (χ0) is 25.6. The van der Waals surface area contributed by atoms with Crippen molar-refractivity contribution in [3.8, 4) is 22.6 Å². The Balaban J connectivity index is 1.57. The van der Waals surface area contributed by atoms with E-state index in [0.29, 0.717) is 22.5 Å². The summed E-state index contributed by atoms with van der Waals surface area (Å²) in [5.74, 6) is 0.0521. The van der Waals surface area contributed by atoms with Crippen molar-refractivity contribution in [1.82, 2.24) is 0 Å². The van der Waals surface area contributed by atoms with Crippen LogP contribution in [0.4, 0.5) is 8.78 Å². The van der Waals surface area contributed by atoms with Crippen LogP contribution < -0.4 is 10.2 Å². The molecule has 0 fully saturated rings. The predicted octanol–water partition coefficient (Wildman–Crippen LogP) is 7.56. The Morgan fingerprint density at radius 3 is 1.97 bits per heavy atom. The van der Waals surface area contributed by atoms with E-state index in [2.05, 4.69) is 6.58 Å². The Morgan fingerprint density at radius 2 is 1.30 bits per heavy atom. The highest BCUT2D eigenvalue weighted by molar-refractivity contribution is 6.32. The highest BCUT2D eigenvalue weighted by Gasteiger charge is 2.49. The largest absolute Gasteiger partial charge is 0.457 e. The molecule has 0 heterocycles. The summed E-state index contributed by atoms with van der Waals surface area (Å²) in [6.45, 7) is 3.77. The standard InChI is InChI=1S/C33H21BF2O/c1-2-21-10-15-24(16-11-21)37-25-17-12-22(13-18-25)33(32-30(35)8-5-9-31(32)36)28-7-4-3-6-26(28)27-19-14-23(34)20-29(27)33/h2-20H,1H2. The Bertz CT molecular complexity index is 1620. The highest BCUT2D eigenvalue weighted by atomic mass is 19.1. The minimum Gasteiger partial charge on any atom is -0.457 e. The quantitative estimate of drug-likeness (QED) is 0.231. The van der Waals surface area contributed by atoms with Crippen molar-refractivity contribution < 1.29 is 13.5 Å². The van der Waals surface area contributed by atoms with Gasteiger partial charge in [-0.3, -0.25) is 0 Å². The van der Waals surface area contributed by atoms with Crippen LogP contribution in [0.5, 0.6) is 11.5 Å². The molecular formula is C33H21BF2O. The first kappa shape index (κ1) is 23.0. The Morgan fingerprint density at radius 1 is 0.676 bits per heavy atom. The van der Waals surface area contributed by atoms with E-state index in [-0.39, 0.29) is 5.56 Å². The normalized spacial score (nSPS) is 15.6. The van der Waals surface area contributed by atoms with Gasteiger partial charge in [0.25, 0.3) is 0 Å². The Hall–Kier alpha value is -4.44. The number of hydrogen-bond acceptors (Lipinski definition) is 1. The third-order valence-corrected chi connectivity index (χ3v) is 7.05.